The molecule has 0 rings (SSSR count). The molecular weight excluding hydrogens is 214 g/mol. The molecule has 1 amide bonds. The van der Waals surface area contributed by atoms with Crippen LogP contribution in [0.1, 0.15) is 34.6 Å². The van der Waals surface area contributed by atoms with Crippen molar-refractivity contribution in [3.8, 4) is 0 Å². The average molecular weight is 243 g/mol. The SMILES string of the molecule is CCN(CC)CC(C)NCC(=O)N(C)C(C)C. The zero-order valence-electron chi connectivity index (χ0n) is 12.3. The summed E-state index contributed by atoms with van der Waals surface area (Å²) >= 11 is 0. The molecule has 4 nitrogen and oxygen atoms in total. The Kier molecular flexibility index (Phi) is 8.17. The van der Waals surface area contributed by atoms with Gasteiger partial charge in [0.1, 0.15) is 0 Å². The monoisotopic (exact) mass is 243 g/mol. The highest BCUT2D eigenvalue weighted by Crippen LogP contribution is 1.95. The first kappa shape index (κ1) is 16.4. The van der Waals surface area contributed by atoms with Gasteiger partial charge in [-0.1, -0.05) is 13.8 Å². The van der Waals surface area contributed by atoms with Crippen LogP contribution >= 0.6 is 0 Å². The summed E-state index contributed by atoms with van der Waals surface area (Å²) in [5, 5.41) is 3.28. The normalized spacial score (nSPS) is 13.2. The van der Waals surface area contributed by atoms with E-state index in [1.807, 2.05) is 20.9 Å². The number of hydrogen-bond donors (Lipinski definition) is 1. The fraction of sp³-hybridized carbons (Fsp3) is 0.923. The Balaban J connectivity index is 3.91. The van der Waals surface area contributed by atoms with Crippen LogP contribution in [0.3, 0.4) is 0 Å². The summed E-state index contributed by atoms with van der Waals surface area (Å²) in [4.78, 5) is 15.9. The first-order valence-electron chi connectivity index (χ1n) is 6.63. The lowest BCUT2D eigenvalue weighted by molar-refractivity contribution is -0.130. The third-order valence-electron chi connectivity index (χ3n) is 3.20. The van der Waals surface area contributed by atoms with Gasteiger partial charge in [0.25, 0.3) is 0 Å². The Hall–Kier alpha value is -0.610. The first-order valence-corrected chi connectivity index (χ1v) is 6.63. The molecule has 0 aromatic rings. The molecule has 0 saturated heterocycles. The minimum atomic E-state index is 0.159. The molecule has 0 spiro atoms. The van der Waals surface area contributed by atoms with Gasteiger partial charge in [-0.3, -0.25) is 4.79 Å². The zero-order valence-corrected chi connectivity index (χ0v) is 12.3. The van der Waals surface area contributed by atoms with Gasteiger partial charge in [-0.2, -0.15) is 0 Å². The second kappa shape index (κ2) is 8.48. The van der Waals surface area contributed by atoms with Crippen LogP contribution < -0.4 is 5.32 Å². The van der Waals surface area contributed by atoms with E-state index >= 15 is 0 Å². The standard InChI is InChI=1S/C13H29N3O/c1-7-16(8-2)10-12(5)14-9-13(17)15(6)11(3)4/h11-12,14H,7-10H2,1-6H3. The third-order valence-corrected chi connectivity index (χ3v) is 3.20. The molecule has 0 fully saturated rings. The second-order valence-corrected chi connectivity index (χ2v) is 4.87. The van der Waals surface area contributed by atoms with Crippen LogP contribution in [0.5, 0.6) is 0 Å². The van der Waals surface area contributed by atoms with Crippen LogP contribution in [0.4, 0.5) is 0 Å². The van der Waals surface area contributed by atoms with E-state index in [2.05, 4.69) is 31.0 Å². The maximum absolute atomic E-state index is 11.8. The second-order valence-electron chi connectivity index (χ2n) is 4.87. The van der Waals surface area contributed by atoms with Crippen molar-refractivity contribution in [3.63, 3.8) is 0 Å². The van der Waals surface area contributed by atoms with Gasteiger partial charge in [0, 0.05) is 25.7 Å². The lowest BCUT2D eigenvalue weighted by Gasteiger charge is -2.25. The van der Waals surface area contributed by atoms with Crippen LogP contribution in [0.25, 0.3) is 0 Å². The van der Waals surface area contributed by atoms with Gasteiger partial charge in [-0.05, 0) is 33.9 Å². The van der Waals surface area contributed by atoms with E-state index in [1.54, 1.807) is 4.90 Å². The molecule has 1 unspecified atom stereocenters. The van der Waals surface area contributed by atoms with Crippen molar-refractivity contribution in [1.29, 1.82) is 0 Å². The summed E-state index contributed by atoms with van der Waals surface area (Å²) in [5.74, 6) is 0.159. The van der Waals surface area contributed by atoms with Crippen LogP contribution in [0.15, 0.2) is 0 Å². The quantitative estimate of drug-likeness (QED) is 0.695. The lowest BCUT2D eigenvalue weighted by Crippen LogP contribution is -2.45. The Morgan fingerprint density at radius 2 is 1.71 bits per heavy atom. The van der Waals surface area contributed by atoms with Crippen LogP contribution in [-0.2, 0) is 4.79 Å². The number of rotatable bonds is 8. The molecule has 0 heterocycles. The highest BCUT2D eigenvalue weighted by molar-refractivity contribution is 5.78. The molecule has 0 aliphatic carbocycles. The molecule has 17 heavy (non-hydrogen) atoms. The van der Waals surface area contributed by atoms with Crippen LogP contribution in [0.2, 0.25) is 0 Å². The number of carbonyl (C=O) groups excluding carboxylic acids is 1. The largest absolute Gasteiger partial charge is 0.342 e. The first-order chi connectivity index (χ1) is 7.92. The molecule has 0 aliphatic rings. The van der Waals surface area contributed by atoms with E-state index in [-0.39, 0.29) is 11.9 Å². The van der Waals surface area contributed by atoms with Gasteiger partial charge < -0.3 is 15.1 Å². The molecule has 102 valence electrons. The molecule has 4 heteroatoms. The number of nitrogens with zero attached hydrogens (tertiary/aromatic N) is 2. The highest BCUT2D eigenvalue weighted by Gasteiger charge is 2.13. The summed E-state index contributed by atoms with van der Waals surface area (Å²) in [6, 6.07) is 0.613. The van der Waals surface area contributed by atoms with Gasteiger partial charge in [0.05, 0.1) is 6.54 Å². The van der Waals surface area contributed by atoms with Crippen molar-refractivity contribution in [3.05, 3.63) is 0 Å². The van der Waals surface area contributed by atoms with Gasteiger partial charge >= 0.3 is 0 Å². The summed E-state index contributed by atoms with van der Waals surface area (Å²) in [5.41, 5.74) is 0. The smallest absolute Gasteiger partial charge is 0.236 e. The minimum absolute atomic E-state index is 0.159. The Morgan fingerprint density at radius 3 is 2.12 bits per heavy atom. The molecule has 1 N–H and O–H groups in total. The summed E-state index contributed by atoms with van der Waals surface area (Å²) in [6.45, 7) is 14.0. The Labute approximate surface area is 106 Å². The van der Waals surface area contributed by atoms with Crippen molar-refractivity contribution >= 4 is 5.91 Å². The summed E-state index contributed by atoms with van der Waals surface area (Å²) in [7, 11) is 1.85. The molecular formula is C13H29N3O. The maximum Gasteiger partial charge on any atom is 0.236 e. The van der Waals surface area contributed by atoms with Gasteiger partial charge in [0.2, 0.25) is 5.91 Å². The van der Waals surface area contributed by atoms with Gasteiger partial charge in [0.15, 0.2) is 0 Å². The number of amides is 1. The summed E-state index contributed by atoms with van der Waals surface area (Å²) < 4.78 is 0. The molecule has 1 atom stereocenters. The third kappa shape index (κ3) is 6.64. The number of likely N-dealkylation sites (N-methyl/N-ethyl adjacent to an activating group) is 2. The van der Waals surface area contributed by atoms with E-state index < -0.39 is 0 Å². The predicted molar refractivity (Wildman–Crippen MR) is 73.2 cm³/mol. The van der Waals surface area contributed by atoms with Crippen LogP contribution in [-0.4, -0.2) is 61.0 Å². The van der Waals surface area contributed by atoms with E-state index in [0.29, 0.717) is 12.6 Å². The Bertz CT molecular complexity index is 215. The average Bonchev–Trinajstić information content (AvgIpc) is 2.31. The molecule has 0 aromatic heterocycles. The maximum atomic E-state index is 11.8. The topological polar surface area (TPSA) is 35.6 Å². The number of carbonyl (C=O) groups is 1. The summed E-state index contributed by atoms with van der Waals surface area (Å²) in [6.07, 6.45) is 0. The van der Waals surface area contributed by atoms with Crippen molar-refractivity contribution in [2.45, 2.75) is 46.7 Å². The van der Waals surface area contributed by atoms with E-state index in [4.69, 9.17) is 0 Å². The Morgan fingerprint density at radius 1 is 1.18 bits per heavy atom. The van der Waals surface area contributed by atoms with Crippen molar-refractivity contribution < 1.29 is 4.79 Å². The van der Waals surface area contributed by atoms with Crippen LogP contribution in [0, 0.1) is 0 Å². The number of hydrogen-bond acceptors (Lipinski definition) is 3. The lowest BCUT2D eigenvalue weighted by atomic mass is 10.3. The van der Waals surface area contributed by atoms with E-state index in [0.717, 1.165) is 19.6 Å². The fourth-order valence-electron chi connectivity index (χ4n) is 1.61. The van der Waals surface area contributed by atoms with E-state index in [9.17, 15) is 4.79 Å². The van der Waals surface area contributed by atoms with E-state index in [1.165, 1.54) is 0 Å². The molecule has 0 aromatic carbocycles. The van der Waals surface area contributed by atoms with Crippen molar-refractivity contribution in [2.75, 3.05) is 33.2 Å². The van der Waals surface area contributed by atoms with Gasteiger partial charge in [-0.15, -0.1) is 0 Å². The highest BCUT2D eigenvalue weighted by atomic mass is 16.2. The number of nitrogens with one attached hydrogen (secondary N) is 1. The predicted octanol–water partition coefficient (Wildman–Crippen LogP) is 1.17. The molecule has 0 saturated carbocycles. The molecule has 0 aliphatic heterocycles. The zero-order chi connectivity index (χ0) is 13.4. The van der Waals surface area contributed by atoms with Crippen molar-refractivity contribution in [1.82, 2.24) is 15.1 Å². The fourth-order valence-corrected chi connectivity index (χ4v) is 1.61. The molecule has 0 radical (unpaired) electrons. The molecule has 0 bridgehead atoms. The van der Waals surface area contributed by atoms with Gasteiger partial charge in [-0.25, -0.2) is 0 Å². The van der Waals surface area contributed by atoms with Crippen molar-refractivity contribution in [2.24, 2.45) is 0 Å². The minimum Gasteiger partial charge on any atom is -0.342 e.